The van der Waals surface area contributed by atoms with E-state index in [2.05, 4.69) is 15.3 Å². The predicted octanol–water partition coefficient (Wildman–Crippen LogP) is 4.29. The molecule has 3 rings (SSSR count). The number of nitrogens with two attached hydrogens (primary N) is 1. The Hall–Kier alpha value is -3.74. The molecule has 0 aliphatic rings. The van der Waals surface area contributed by atoms with Crippen LogP contribution in [0.3, 0.4) is 0 Å². The van der Waals surface area contributed by atoms with Crippen LogP contribution in [0.4, 0.5) is 24.7 Å². The molecule has 0 spiro atoms. The Bertz CT molecular complexity index is 1140. The van der Waals surface area contributed by atoms with E-state index in [9.17, 15) is 18.4 Å². The molecule has 1 aromatic heterocycles. The maximum Gasteiger partial charge on any atom is 0.416 e. The fourth-order valence-electron chi connectivity index (χ4n) is 2.99. The van der Waals surface area contributed by atoms with Gasteiger partial charge in [-0.05, 0) is 36.8 Å². The van der Waals surface area contributed by atoms with Crippen LogP contribution in [0, 0.1) is 11.3 Å². The molecular formula is C20H18F3N5O2. The normalized spacial score (nSPS) is 12.3. The van der Waals surface area contributed by atoms with Crippen LogP contribution in [0.5, 0.6) is 11.5 Å². The highest BCUT2D eigenvalue weighted by molar-refractivity contribution is 5.92. The van der Waals surface area contributed by atoms with Gasteiger partial charge < -0.3 is 20.5 Å². The number of halogens is 3. The summed E-state index contributed by atoms with van der Waals surface area (Å²) in [7, 11) is 2.94. The number of nitrogens with one attached hydrogen (secondary N) is 1. The zero-order chi connectivity index (χ0) is 22.1. The van der Waals surface area contributed by atoms with Crippen LogP contribution in [0.25, 0.3) is 10.9 Å². The second kappa shape index (κ2) is 7.94. The molecule has 10 heteroatoms. The number of nitrogen functional groups attached to an aromatic ring is 1. The van der Waals surface area contributed by atoms with Gasteiger partial charge in [0.1, 0.15) is 11.9 Å². The van der Waals surface area contributed by atoms with E-state index in [1.54, 1.807) is 19.1 Å². The van der Waals surface area contributed by atoms with Gasteiger partial charge in [-0.2, -0.15) is 18.4 Å². The van der Waals surface area contributed by atoms with E-state index in [1.165, 1.54) is 20.3 Å². The summed E-state index contributed by atoms with van der Waals surface area (Å²) in [4.78, 5) is 8.34. The van der Waals surface area contributed by atoms with Crippen molar-refractivity contribution in [1.82, 2.24) is 9.97 Å². The summed E-state index contributed by atoms with van der Waals surface area (Å²) in [5.41, 5.74) is 5.54. The molecule has 1 heterocycles. The lowest BCUT2D eigenvalue weighted by molar-refractivity contribution is -0.137. The van der Waals surface area contributed by atoms with E-state index in [0.717, 1.165) is 12.1 Å². The highest BCUT2D eigenvalue weighted by Crippen LogP contribution is 2.36. The molecule has 156 valence electrons. The molecule has 0 amide bonds. The van der Waals surface area contributed by atoms with Crippen LogP contribution in [0.15, 0.2) is 30.3 Å². The third-order valence-corrected chi connectivity index (χ3v) is 4.46. The van der Waals surface area contributed by atoms with Gasteiger partial charge in [-0.3, -0.25) is 0 Å². The van der Waals surface area contributed by atoms with Crippen molar-refractivity contribution < 1.29 is 22.6 Å². The zero-order valence-electron chi connectivity index (χ0n) is 16.3. The van der Waals surface area contributed by atoms with Crippen molar-refractivity contribution in [3.05, 3.63) is 47.3 Å². The summed E-state index contributed by atoms with van der Waals surface area (Å²) in [6, 6.07) is 7.84. The van der Waals surface area contributed by atoms with Crippen LogP contribution in [-0.4, -0.2) is 24.2 Å². The topological polar surface area (TPSA) is 106 Å². The van der Waals surface area contributed by atoms with E-state index in [0.29, 0.717) is 28.0 Å². The fraction of sp³-hybridized carbons (Fsp3) is 0.250. The number of ether oxygens (including phenoxy) is 2. The Morgan fingerprint density at radius 1 is 1.07 bits per heavy atom. The lowest BCUT2D eigenvalue weighted by Gasteiger charge is -2.19. The molecule has 1 unspecified atom stereocenters. The summed E-state index contributed by atoms with van der Waals surface area (Å²) in [6.45, 7) is 1.66. The van der Waals surface area contributed by atoms with Gasteiger partial charge in [-0.15, -0.1) is 0 Å². The molecule has 0 saturated heterocycles. The van der Waals surface area contributed by atoms with Crippen molar-refractivity contribution in [2.45, 2.75) is 19.1 Å². The number of nitriles is 1. The maximum absolute atomic E-state index is 13.1. The first kappa shape index (κ1) is 21.0. The van der Waals surface area contributed by atoms with E-state index in [-0.39, 0.29) is 17.3 Å². The van der Waals surface area contributed by atoms with Crippen molar-refractivity contribution >= 4 is 22.4 Å². The molecule has 2 aromatic carbocycles. The molecule has 3 aromatic rings. The number of methoxy groups -OCH3 is 2. The molecule has 0 radical (unpaired) electrons. The first-order valence-electron chi connectivity index (χ1n) is 8.74. The Morgan fingerprint density at radius 3 is 2.33 bits per heavy atom. The van der Waals surface area contributed by atoms with Crippen molar-refractivity contribution in [3.63, 3.8) is 0 Å². The quantitative estimate of drug-likeness (QED) is 0.597. The van der Waals surface area contributed by atoms with Crippen molar-refractivity contribution in [1.29, 1.82) is 5.26 Å². The molecule has 0 aliphatic heterocycles. The number of hydrogen-bond donors (Lipinski definition) is 2. The van der Waals surface area contributed by atoms with Crippen LogP contribution in [0.2, 0.25) is 0 Å². The molecule has 0 fully saturated rings. The molecule has 0 saturated carbocycles. The third kappa shape index (κ3) is 4.15. The van der Waals surface area contributed by atoms with Gasteiger partial charge in [0.05, 0.1) is 31.3 Å². The van der Waals surface area contributed by atoms with E-state index in [4.69, 9.17) is 15.2 Å². The Morgan fingerprint density at radius 2 is 1.73 bits per heavy atom. The number of benzene rings is 2. The van der Waals surface area contributed by atoms with E-state index < -0.39 is 17.8 Å². The Kier molecular flexibility index (Phi) is 5.56. The number of anilines is 2. The van der Waals surface area contributed by atoms with E-state index >= 15 is 0 Å². The lowest BCUT2D eigenvalue weighted by Crippen LogP contribution is -2.13. The summed E-state index contributed by atoms with van der Waals surface area (Å²) >= 11 is 0. The van der Waals surface area contributed by atoms with Gasteiger partial charge in [-0.1, -0.05) is 0 Å². The maximum atomic E-state index is 13.1. The highest BCUT2D eigenvalue weighted by atomic mass is 19.4. The highest BCUT2D eigenvalue weighted by Gasteiger charge is 2.31. The molecule has 7 nitrogen and oxygen atoms in total. The van der Waals surface area contributed by atoms with Crippen LogP contribution in [-0.2, 0) is 6.18 Å². The van der Waals surface area contributed by atoms with Crippen LogP contribution >= 0.6 is 0 Å². The average Bonchev–Trinajstić information content (AvgIpc) is 2.71. The first-order valence-corrected chi connectivity index (χ1v) is 8.74. The third-order valence-electron chi connectivity index (χ3n) is 4.46. The molecule has 0 aliphatic carbocycles. The molecule has 3 N–H and O–H groups in total. The first-order chi connectivity index (χ1) is 14.2. The number of fused-ring (bicyclic) bond motifs is 1. The molecular weight excluding hydrogens is 399 g/mol. The summed E-state index contributed by atoms with van der Waals surface area (Å²) < 4.78 is 50.0. The lowest BCUT2D eigenvalue weighted by atomic mass is 10.0. The second-order valence-electron chi connectivity index (χ2n) is 6.48. The van der Waals surface area contributed by atoms with E-state index in [1.807, 2.05) is 6.07 Å². The minimum atomic E-state index is -4.52. The fourth-order valence-corrected chi connectivity index (χ4v) is 2.99. The van der Waals surface area contributed by atoms with Gasteiger partial charge in [0, 0.05) is 17.1 Å². The molecule has 30 heavy (non-hydrogen) atoms. The number of nitrogens with zero attached hydrogens (tertiary/aromatic N) is 3. The minimum absolute atomic E-state index is 0.00913. The van der Waals surface area contributed by atoms with Crippen LogP contribution in [0.1, 0.15) is 29.9 Å². The largest absolute Gasteiger partial charge is 0.493 e. The smallest absolute Gasteiger partial charge is 0.416 e. The Balaban J connectivity index is 2.09. The zero-order valence-corrected chi connectivity index (χ0v) is 16.3. The Labute approximate surface area is 170 Å². The SMILES string of the molecule is COc1cc2nc(C#N)nc(NC(C)c3cc(N)cc(C(F)(F)F)c3)c2cc1OC. The van der Waals surface area contributed by atoms with Gasteiger partial charge in [0.15, 0.2) is 11.5 Å². The number of aromatic nitrogens is 2. The van der Waals surface area contributed by atoms with Gasteiger partial charge >= 0.3 is 6.18 Å². The van der Waals surface area contributed by atoms with Crippen LogP contribution < -0.4 is 20.5 Å². The van der Waals surface area contributed by atoms with Crippen molar-refractivity contribution in [2.75, 3.05) is 25.3 Å². The number of alkyl halides is 3. The number of hydrogen-bond acceptors (Lipinski definition) is 7. The molecule has 1 atom stereocenters. The minimum Gasteiger partial charge on any atom is -0.493 e. The summed E-state index contributed by atoms with van der Waals surface area (Å²) in [5.74, 6) is 0.989. The standard InChI is InChI=1S/C20H18F3N5O2/c1-10(11-4-12(20(21,22)23)6-13(25)5-11)26-19-14-7-16(29-2)17(30-3)8-15(14)27-18(9-24)28-19/h4-8,10H,25H2,1-3H3,(H,26,27,28). The van der Waals surface area contributed by atoms with Gasteiger partial charge in [-0.25, -0.2) is 9.97 Å². The number of rotatable bonds is 5. The van der Waals surface area contributed by atoms with Gasteiger partial charge in [0.25, 0.3) is 0 Å². The monoisotopic (exact) mass is 417 g/mol. The second-order valence-corrected chi connectivity index (χ2v) is 6.48. The van der Waals surface area contributed by atoms with Crippen molar-refractivity contribution in [3.8, 4) is 17.6 Å². The average molecular weight is 417 g/mol. The predicted molar refractivity (Wildman–Crippen MR) is 105 cm³/mol. The summed E-state index contributed by atoms with van der Waals surface area (Å²) in [6.07, 6.45) is -4.52. The molecule has 0 bridgehead atoms. The van der Waals surface area contributed by atoms with Gasteiger partial charge in [0.2, 0.25) is 5.82 Å². The van der Waals surface area contributed by atoms with Crippen molar-refractivity contribution in [2.24, 2.45) is 0 Å². The summed E-state index contributed by atoms with van der Waals surface area (Å²) in [5, 5.41) is 12.8.